The first-order chi connectivity index (χ1) is 14.7. The average Bonchev–Trinajstić information content (AvgIpc) is 2.76. The van der Waals surface area contributed by atoms with E-state index in [1.165, 1.54) is 4.31 Å². The molecule has 9 heteroatoms. The van der Waals surface area contributed by atoms with Crippen LogP contribution >= 0.6 is 0 Å². The molecule has 0 bridgehead atoms. The molecule has 2 aliphatic heterocycles. The minimum absolute atomic E-state index is 0.127. The second-order valence-electron chi connectivity index (χ2n) is 8.86. The van der Waals surface area contributed by atoms with Gasteiger partial charge in [0.1, 0.15) is 11.5 Å². The maximum Gasteiger partial charge on any atom is 0.282 e. The number of carbonyl (C=O) groups excluding carboxylic acids is 1. The van der Waals surface area contributed by atoms with Gasteiger partial charge in [0.05, 0.1) is 20.1 Å². The zero-order valence-electron chi connectivity index (χ0n) is 19.0. The highest BCUT2D eigenvalue weighted by Gasteiger charge is 2.38. The van der Waals surface area contributed by atoms with Gasteiger partial charge in [-0.3, -0.25) is 4.79 Å². The second kappa shape index (κ2) is 10.2. The molecule has 3 rings (SSSR count). The Morgan fingerprint density at radius 1 is 1.10 bits per heavy atom. The normalized spacial score (nSPS) is 25.7. The van der Waals surface area contributed by atoms with E-state index in [1.807, 2.05) is 12.1 Å². The van der Waals surface area contributed by atoms with E-state index in [2.05, 4.69) is 19.2 Å². The lowest BCUT2D eigenvalue weighted by Crippen LogP contribution is -2.53. The minimum Gasteiger partial charge on any atom is -0.497 e. The van der Waals surface area contributed by atoms with Crippen LogP contribution in [0.4, 0.5) is 0 Å². The number of nitrogens with one attached hydrogen (secondary N) is 1. The molecular formula is C22H35N3O5S. The van der Waals surface area contributed by atoms with Crippen molar-refractivity contribution in [2.75, 3.05) is 40.4 Å². The summed E-state index contributed by atoms with van der Waals surface area (Å²) in [6.07, 6.45) is 2.42. The molecule has 0 aliphatic carbocycles. The molecule has 2 saturated heterocycles. The highest BCUT2D eigenvalue weighted by molar-refractivity contribution is 7.86. The molecule has 1 amide bonds. The van der Waals surface area contributed by atoms with E-state index < -0.39 is 10.2 Å². The molecular weight excluding hydrogens is 418 g/mol. The molecule has 0 radical (unpaired) electrons. The van der Waals surface area contributed by atoms with E-state index >= 15 is 0 Å². The summed E-state index contributed by atoms with van der Waals surface area (Å²) in [5.41, 5.74) is 0.841. The van der Waals surface area contributed by atoms with Gasteiger partial charge in [-0.2, -0.15) is 17.0 Å². The lowest BCUT2D eigenvalue weighted by molar-refractivity contribution is -0.126. The number of benzene rings is 1. The van der Waals surface area contributed by atoms with Crippen molar-refractivity contribution in [3.05, 3.63) is 23.8 Å². The van der Waals surface area contributed by atoms with Gasteiger partial charge in [-0.15, -0.1) is 0 Å². The summed E-state index contributed by atoms with van der Waals surface area (Å²) in [4.78, 5) is 12.8. The quantitative estimate of drug-likeness (QED) is 0.684. The van der Waals surface area contributed by atoms with Crippen LogP contribution in [0.5, 0.6) is 11.5 Å². The smallest absolute Gasteiger partial charge is 0.282 e. The third-order valence-corrected chi connectivity index (χ3v) is 8.13. The van der Waals surface area contributed by atoms with Gasteiger partial charge in [0, 0.05) is 44.4 Å². The summed E-state index contributed by atoms with van der Waals surface area (Å²) in [5.74, 6) is 1.54. The number of ether oxygens (including phenoxy) is 2. The molecule has 0 aromatic heterocycles. The molecule has 2 aliphatic rings. The number of methoxy groups -OCH3 is 2. The van der Waals surface area contributed by atoms with E-state index in [0.717, 1.165) is 12.0 Å². The first-order valence-electron chi connectivity index (χ1n) is 11.0. The molecule has 0 spiro atoms. The molecule has 1 N–H and O–H groups in total. The van der Waals surface area contributed by atoms with Crippen molar-refractivity contribution in [2.45, 2.75) is 39.7 Å². The van der Waals surface area contributed by atoms with Crippen molar-refractivity contribution in [3.8, 4) is 11.5 Å². The Bertz CT molecular complexity index is 866. The van der Waals surface area contributed by atoms with Crippen molar-refractivity contribution in [3.63, 3.8) is 0 Å². The van der Waals surface area contributed by atoms with Crippen LogP contribution in [0.3, 0.4) is 0 Å². The number of rotatable bonds is 7. The summed E-state index contributed by atoms with van der Waals surface area (Å²) in [6.45, 7) is 6.31. The van der Waals surface area contributed by atoms with E-state index in [4.69, 9.17) is 9.47 Å². The van der Waals surface area contributed by atoms with E-state index in [-0.39, 0.29) is 18.4 Å². The molecule has 174 valence electrons. The van der Waals surface area contributed by atoms with Crippen LogP contribution in [0.25, 0.3) is 0 Å². The largest absolute Gasteiger partial charge is 0.497 e. The Balaban J connectivity index is 1.62. The Morgan fingerprint density at radius 2 is 1.81 bits per heavy atom. The molecule has 0 unspecified atom stereocenters. The Morgan fingerprint density at radius 3 is 2.45 bits per heavy atom. The fourth-order valence-corrected chi connectivity index (χ4v) is 6.59. The van der Waals surface area contributed by atoms with Gasteiger partial charge >= 0.3 is 0 Å². The topological polar surface area (TPSA) is 88.2 Å². The summed E-state index contributed by atoms with van der Waals surface area (Å²) in [6, 6.07) is 5.45. The summed E-state index contributed by atoms with van der Waals surface area (Å²) >= 11 is 0. The summed E-state index contributed by atoms with van der Waals surface area (Å²) in [5, 5.41) is 2.95. The molecule has 8 nitrogen and oxygen atoms in total. The molecule has 3 atom stereocenters. The van der Waals surface area contributed by atoms with Crippen molar-refractivity contribution < 1.29 is 22.7 Å². The predicted octanol–water partition coefficient (Wildman–Crippen LogP) is 2.25. The van der Waals surface area contributed by atoms with Crippen molar-refractivity contribution in [1.82, 2.24) is 13.9 Å². The van der Waals surface area contributed by atoms with Crippen molar-refractivity contribution in [1.29, 1.82) is 0 Å². The molecule has 0 saturated carbocycles. The van der Waals surface area contributed by atoms with Gasteiger partial charge in [0.2, 0.25) is 5.91 Å². The average molecular weight is 454 g/mol. The standard InChI is InChI=1S/C22H35N3O5S/c1-16-10-17(2)14-25(13-16)31(27,28)24-9-5-6-19(15-24)22(26)23-12-18-7-8-20(29-3)11-21(18)30-4/h7-8,11,16-17,19H,5-6,9-10,12-15H2,1-4H3,(H,23,26)/t16-,17-,19-/m1/s1. The van der Waals surface area contributed by atoms with Gasteiger partial charge in [-0.05, 0) is 43.2 Å². The monoisotopic (exact) mass is 453 g/mol. The van der Waals surface area contributed by atoms with Crippen LogP contribution < -0.4 is 14.8 Å². The maximum absolute atomic E-state index is 13.2. The van der Waals surface area contributed by atoms with Crippen molar-refractivity contribution in [2.24, 2.45) is 17.8 Å². The number of carbonyl (C=O) groups is 1. The molecule has 2 fully saturated rings. The number of hydrogen-bond acceptors (Lipinski definition) is 5. The molecule has 1 aromatic carbocycles. The lowest BCUT2D eigenvalue weighted by atomic mass is 9.94. The molecule has 1 aromatic rings. The predicted molar refractivity (Wildman–Crippen MR) is 119 cm³/mol. The van der Waals surface area contributed by atoms with Crippen LogP contribution in [-0.4, -0.2) is 63.3 Å². The van der Waals surface area contributed by atoms with E-state index in [1.54, 1.807) is 24.6 Å². The fourth-order valence-electron chi connectivity index (χ4n) is 4.65. The summed E-state index contributed by atoms with van der Waals surface area (Å²) < 4.78 is 40.1. The number of piperidine rings is 2. The van der Waals surface area contributed by atoms with E-state index in [0.29, 0.717) is 62.4 Å². The van der Waals surface area contributed by atoms with Crippen LogP contribution in [0.15, 0.2) is 18.2 Å². The molecule has 31 heavy (non-hydrogen) atoms. The Kier molecular flexibility index (Phi) is 7.82. The van der Waals surface area contributed by atoms with Crippen LogP contribution in [-0.2, 0) is 21.5 Å². The Labute approximate surface area is 186 Å². The van der Waals surface area contributed by atoms with Crippen LogP contribution in [0.1, 0.15) is 38.7 Å². The summed E-state index contributed by atoms with van der Waals surface area (Å²) in [7, 11) is -0.387. The van der Waals surface area contributed by atoms with E-state index in [9.17, 15) is 13.2 Å². The highest BCUT2D eigenvalue weighted by atomic mass is 32.2. The highest BCUT2D eigenvalue weighted by Crippen LogP contribution is 2.28. The van der Waals surface area contributed by atoms with Gasteiger partial charge in [-0.25, -0.2) is 0 Å². The maximum atomic E-state index is 13.2. The molecule has 2 heterocycles. The third kappa shape index (κ3) is 5.70. The van der Waals surface area contributed by atoms with Crippen molar-refractivity contribution >= 4 is 16.1 Å². The third-order valence-electron chi connectivity index (χ3n) is 6.19. The van der Waals surface area contributed by atoms with Gasteiger partial charge < -0.3 is 14.8 Å². The Hall–Kier alpha value is -1.84. The fraction of sp³-hybridized carbons (Fsp3) is 0.682. The minimum atomic E-state index is -3.55. The zero-order valence-corrected chi connectivity index (χ0v) is 19.8. The number of amides is 1. The lowest BCUT2D eigenvalue weighted by Gasteiger charge is -2.39. The SMILES string of the molecule is COc1ccc(CNC(=O)[C@@H]2CCCN(S(=O)(=O)N3C[C@H](C)C[C@@H](C)C3)C2)c(OC)c1. The second-order valence-corrected chi connectivity index (χ2v) is 10.8. The first kappa shape index (κ1) is 23.8. The van der Waals surface area contributed by atoms with Gasteiger partial charge in [0.25, 0.3) is 10.2 Å². The zero-order chi connectivity index (χ0) is 22.6. The van der Waals surface area contributed by atoms with Gasteiger partial charge in [0.15, 0.2) is 0 Å². The van der Waals surface area contributed by atoms with Crippen LogP contribution in [0.2, 0.25) is 0 Å². The van der Waals surface area contributed by atoms with Crippen LogP contribution in [0, 0.1) is 17.8 Å². The number of nitrogens with zero attached hydrogens (tertiary/aromatic N) is 2. The number of hydrogen-bond donors (Lipinski definition) is 1. The first-order valence-corrected chi connectivity index (χ1v) is 12.4. The van der Waals surface area contributed by atoms with Gasteiger partial charge in [-0.1, -0.05) is 13.8 Å².